The van der Waals surface area contributed by atoms with Crippen molar-refractivity contribution in [2.45, 2.75) is 39.3 Å². The third kappa shape index (κ3) is 4.23. The zero-order valence-corrected chi connectivity index (χ0v) is 11.6. The van der Waals surface area contributed by atoms with E-state index in [9.17, 15) is 0 Å². The van der Waals surface area contributed by atoms with Crippen molar-refractivity contribution >= 4 is 27.3 Å². The molecule has 1 heterocycles. The maximum Gasteiger partial charge on any atom is 0.0730 e. The van der Waals surface area contributed by atoms with Crippen LogP contribution < -0.4 is 5.32 Å². The summed E-state index contributed by atoms with van der Waals surface area (Å²) in [7, 11) is 0. The van der Waals surface area contributed by atoms with Crippen molar-refractivity contribution in [1.82, 2.24) is 5.32 Å². The molecule has 0 spiro atoms. The third-order valence-electron chi connectivity index (χ3n) is 2.44. The number of aryl methyl sites for hydroxylation is 1. The van der Waals surface area contributed by atoms with Crippen LogP contribution in [0.5, 0.6) is 0 Å². The normalized spacial score (nSPS) is 13.1. The highest BCUT2D eigenvalue weighted by atomic mass is 79.9. The lowest BCUT2D eigenvalue weighted by atomic mass is 10.1. The van der Waals surface area contributed by atoms with E-state index >= 15 is 0 Å². The van der Waals surface area contributed by atoms with Crippen LogP contribution in [0.15, 0.2) is 9.85 Å². The Morgan fingerprint density at radius 3 is 2.80 bits per heavy atom. The molecule has 0 saturated carbocycles. The van der Waals surface area contributed by atoms with E-state index < -0.39 is 0 Å². The van der Waals surface area contributed by atoms with Crippen molar-refractivity contribution in [2.24, 2.45) is 0 Å². The molecule has 1 aromatic heterocycles. The number of hydrogen-bond acceptors (Lipinski definition) is 3. The van der Waals surface area contributed by atoms with Crippen molar-refractivity contribution in [3.63, 3.8) is 0 Å². The molecule has 15 heavy (non-hydrogen) atoms. The van der Waals surface area contributed by atoms with Crippen LogP contribution in [0, 0.1) is 6.92 Å². The lowest BCUT2D eigenvalue weighted by molar-refractivity contribution is 0.262. The molecule has 0 fully saturated rings. The van der Waals surface area contributed by atoms with Crippen LogP contribution in [0.2, 0.25) is 0 Å². The van der Waals surface area contributed by atoms with Crippen LogP contribution in [0.1, 0.15) is 30.2 Å². The van der Waals surface area contributed by atoms with E-state index in [0.29, 0.717) is 6.04 Å². The van der Waals surface area contributed by atoms with Crippen molar-refractivity contribution in [3.05, 3.63) is 20.3 Å². The molecule has 0 bridgehead atoms. The standard InChI is InChI=1S/C11H18BrNOS/c1-3-9(4-5-14)13-7-10-6-8(2)11(12)15-10/h6,9,13-14H,3-5,7H2,1-2H3. The minimum atomic E-state index is 0.263. The van der Waals surface area contributed by atoms with Crippen molar-refractivity contribution in [2.75, 3.05) is 6.61 Å². The predicted octanol–water partition coefficient (Wildman–Crippen LogP) is 3.07. The van der Waals surface area contributed by atoms with Gasteiger partial charge in [-0.25, -0.2) is 0 Å². The molecular weight excluding hydrogens is 274 g/mol. The first-order chi connectivity index (χ1) is 7.17. The summed E-state index contributed by atoms with van der Waals surface area (Å²) in [5, 5.41) is 12.3. The van der Waals surface area contributed by atoms with E-state index in [4.69, 9.17) is 5.11 Å². The lowest BCUT2D eigenvalue weighted by Crippen LogP contribution is -2.28. The maximum absolute atomic E-state index is 8.87. The number of aliphatic hydroxyl groups excluding tert-OH is 1. The summed E-state index contributed by atoms with van der Waals surface area (Å²) in [6, 6.07) is 2.63. The van der Waals surface area contributed by atoms with Crippen LogP contribution in [0.25, 0.3) is 0 Å². The quantitative estimate of drug-likeness (QED) is 0.844. The monoisotopic (exact) mass is 291 g/mol. The Morgan fingerprint density at radius 1 is 1.60 bits per heavy atom. The fourth-order valence-electron chi connectivity index (χ4n) is 1.46. The van der Waals surface area contributed by atoms with Gasteiger partial charge in [0, 0.05) is 24.1 Å². The Kier molecular flexibility index (Phi) is 5.82. The molecule has 0 amide bonds. The summed E-state index contributed by atoms with van der Waals surface area (Å²) < 4.78 is 1.22. The van der Waals surface area contributed by atoms with Gasteiger partial charge in [0.05, 0.1) is 3.79 Å². The first-order valence-corrected chi connectivity index (χ1v) is 6.87. The topological polar surface area (TPSA) is 32.3 Å². The first kappa shape index (κ1) is 13.2. The number of aliphatic hydroxyl groups is 1. The average Bonchev–Trinajstić information content (AvgIpc) is 2.53. The fraction of sp³-hybridized carbons (Fsp3) is 0.636. The maximum atomic E-state index is 8.87. The minimum Gasteiger partial charge on any atom is -0.396 e. The van der Waals surface area contributed by atoms with Crippen LogP contribution in [-0.2, 0) is 6.54 Å². The van der Waals surface area contributed by atoms with Gasteiger partial charge in [0.2, 0.25) is 0 Å². The fourth-order valence-corrected chi connectivity index (χ4v) is 3.04. The van der Waals surface area contributed by atoms with Gasteiger partial charge < -0.3 is 10.4 Å². The summed E-state index contributed by atoms with van der Waals surface area (Å²) in [5.41, 5.74) is 1.30. The summed E-state index contributed by atoms with van der Waals surface area (Å²) in [6.07, 6.45) is 1.90. The van der Waals surface area contributed by atoms with E-state index in [2.05, 4.69) is 41.2 Å². The predicted molar refractivity (Wildman–Crippen MR) is 69.4 cm³/mol. The molecular formula is C11H18BrNOS. The summed E-state index contributed by atoms with van der Waals surface area (Å²) >= 11 is 5.30. The number of nitrogens with one attached hydrogen (secondary N) is 1. The molecule has 1 unspecified atom stereocenters. The zero-order valence-electron chi connectivity index (χ0n) is 9.22. The molecule has 0 saturated heterocycles. The summed E-state index contributed by atoms with van der Waals surface area (Å²) in [5.74, 6) is 0. The molecule has 0 aliphatic rings. The van der Waals surface area contributed by atoms with Crippen LogP contribution in [-0.4, -0.2) is 17.8 Å². The smallest absolute Gasteiger partial charge is 0.0730 e. The van der Waals surface area contributed by atoms with Crippen LogP contribution in [0.4, 0.5) is 0 Å². The molecule has 1 rings (SSSR count). The second-order valence-electron chi connectivity index (χ2n) is 3.67. The molecule has 0 aromatic carbocycles. The largest absolute Gasteiger partial charge is 0.396 e. The van der Waals surface area contributed by atoms with Gasteiger partial charge >= 0.3 is 0 Å². The number of halogens is 1. The Balaban J connectivity index is 2.41. The SMILES string of the molecule is CCC(CCO)NCc1cc(C)c(Br)s1. The molecule has 86 valence electrons. The second kappa shape index (κ2) is 6.63. The highest BCUT2D eigenvalue weighted by Crippen LogP contribution is 2.27. The Hall–Kier alpha value is 0.1000. The Morgan fingerprint density at radius 2 is 2.33 bits per heavy atom. The van der Waals surface area contributed by atoms with Crippen molar-refractivity contribution in [1.29, 1.82) is 0 Å². The minimum absolute atomic E-state index is 0.263. The number of hydrogen-bond donors (Lipinski definition) is 2. The highest BCUT2D eigenvalue weighted by molar-refractivity contribution is 9.11. The Bertz CT molecular complexity index is 281. The van der Waals surface area contributed by atoms with Crippen molar-refractivity contribution < 1.29 is 5.11 Å². The van der Waals surface area contributed by atoms with E-state index in [1.807, 2.05) is 0 Å². The van der Waals surface area contributed by atoms with E-state index in [1.54, 1.807) is 11.3 Å². The number of thiophene rings is 1. The lowest BCUT2D eigenvalue weighted by Gasteiger charge is -2.14. The molecule has 2 nitrogen and oxygen atoms in total. The van der Waals surface area contributed by atoms with E-state index in [0.717, 1.165) is 19.4 Å². The van der Waals surface area contributed by atoms with Gasteiger partial charge in [0.25, 0.3) is 0 Å². The van der Waals surface area contributed by atoms with Crippen molar-refractivity contribution in [3.8, 4) is 0 Å². The van der Waals surface area contributed by atoms with E-state index in [1.165, 1.54) is 14.2 Å². The van der Waals surface area contributed by atoms with Gasteiger partial charge in [-0.1, -0.05) is 6.92 Å². The first-order valence-electron chi connectivity index (χ1n) is 5.26. The summed E-state index contributed by atoms with van der Waals surface area (Å²) in [4.78, 5) is 1.34. The highest BCUT2D eigenvalue weighted by Gasteiger charge is 2.07. The molecule has 4 heteroatoms. The van der Waals surface area contributed by atoms with Crippen LogP contribution in [0.3, 0.4) is 0 Å². The van der Waals surface area contributed by atoms with E-state index in [-0.39, 0.29) is 6.61 Å². The molecule has 0 aliphatic heterocycles. The average molecular weight is 292 g/mol. The molecule has 2 N–H and O–H groups in total. The summed E-state index contributed by atoms with van der Waals surface area (Å²) in [6.45, 7) is 5.41. The van der Waals surface area contributed by atoms with Gasteiger partial charge in [-0.2, -0.15) is 0 Å². The molecule has 1 atom stereocenters. The third-order valence-corrected chi connectivity index (χ3v) is 4.58. The second-order valence-corrected chi connectivity index (χ2v) is 6.12. The van der Waals surface area contributed by atoms with Crippen LogP contribution >= 0.6 is 27.3 Å². The van der Waals surface area contributed by atoms with Gasteiger partial charge in [-0.3, -0.25) is 0 Å². The molecule has 1 aromatic rings. The Labute approximate surface area is 104 Å². The van der Waals surface area contributed by atoms with Gasteiger partial charge in [0.15, 0.2) is 0 Å². The molecule has 0 radical (unpaired) electrons. The molecule has 0 aliphatic carbocycles. The zero-order chi connectivity index (χ0) is 11.3. The number of rotatable bonds is 6. The van der Waals surface area contributed by atoms with Gasteiger partial charge in [-0.15, -0.1) is 11.3 Å². The van der Waals surface area contributed by atoms with Gasteiger partial charge in [0.1, 0.15) is 0 Å². The van der Waals surface area contributed by atoms with Gasteiger partial charge in [-0.05, 0) is 47.3 Å².